The number of esters is 2. The standard InChI is InChI=1S/C15H21Br2N3O6/c1-4-7-11(10-8-12(14(16)17)26-15(10)22)25-13(21)9-24-18-20(23)19(5-2)6-3/h8,11H,4-7,9H2,1-3H3/b20-18-. The molecule has 0 fully saturated rings. The normalized spacial score (nSPS) is 15.3. The molecule has 11 heteroatoms. The maximum Gasteiger partial charge on any atom is 0.347 e. The maximum absolute atomic E-state index is 12.0. The van der Waals surface area contributed by atoms with Crippen molar-refractivity contribution in [1.82, 2.24) is 5.01 Å². The third-order valence-corrected chi connectivity index (χ3v) is 4.15. The van der Waals surface area contributed by atoms with Crippen LogP contribution in [-0.4, -0.2) is 47.7 Å². The molecule has 0 aromatic rings. The Kier molecular flexibility index (Phi) is 9.63. The molecular formula is C15H21Br2N3O6. The molecule has 0 aromatic heterocycles. The molecule has 0 spiro atoms. The lowest BCUT2D eigenvalue weighted by molar-refractivity contribution is -0.709. The van der Waals surface area contributed by atoms with Crippen molar-refractivity contribution >= 4 is 43.8 Å². The second kappa shape index (κ2) is 11.2. The second-order valence-corrected chi connectivity index (χ2v) is 7.78. The second-order valence-electron chi connectivity index (χ2n) is 5.13. The number of nitrogens with zero attached hydrogens (tertiary/aromatic N) is 3. The summed E-state index contributed by atoms with van der Waals surface area (Å²) in [4.78, 5) is 28.9. The molecule has 1 aliphatic heterocycles. The van der Waals surface area contributed by atoms with Crippen LogP contribution in [0.1, 0.15) is 33.6 Å². The quantitative estimate of drug-likeness (QED) is 0.197. The first kappa shape index (κ1) is 22.4. The van der Waals surface area contributed by atoms with Crippen LogP contribution in [0.25, 0.3) is 0 Å². The van der Waals surface area contributed by atoms with Gasteiger partial charge in [-0.2, -0.15) is 0 Å². The van der Waals surface area contributed by atoms with Gasteiger partial charge in [-0.25, -0.2) is 9.59 Å². The molecule has 0 amide bonds. The highest BCUT2D eigenvalue weighted by Crippen LogP contribution is 2.30. The molecule has 0 aliphatic carbocycles. The molecule has 1 atom stereocenters. The minimum Gasteiger partial charge on any atom is -0.569 e. The van der Waals surface area contributed by atoms with E-state index in [2.05, 4.69) is 37.1 Å². The van der Waals surface area contributed by atoms with Crippen molar-refractivity contribution in [2.75, 3.05) is 19.7 Å². The highest BCUT2D eigenvalue weighted by molar-refractivity contribution is 9.28. The number of hydrogen-bond acceptors (Lipinski definition) is 7. The molecule has 146 valence electrons. The summed E-state index contributed by atoms with van der Waals surface area (Å²) in [5.74, 6) is -1.03. The van der Waals surface area contributed by atoms with Gasteiger partial charge in [-0.1, -0.05) is 13.3 Å². The molecule has 1 heterocycles. The predicted molar refractivity (Wildman–Crippen MR) is 98.8 cm³/mol. The molecule has 1 rings (SSSR count). The van der Waals surface area contributed by atoms with Gasteiger partial charge in [0.15, 0.2) is 5.76 Å². The summed E-state index contributed by atoms with van der Waals surface area (Å²) in [5.41, 5.74) is 0.233. The van der Waals surface area contributed by atoms with Crippen LogP contribution in [0.5, 0.6) is 0 Å². The Morgan fingerprint density at radius 1 is 1.38 bits per heavy atom. The van der Waals surface area contributed by atoms with Crippen LogP contribution < -0.4 is 0 Å². The highest BCUT2D eigenvalue weighted by Gasteiger charge is 2.31. The molecule has 0 N–H and O–H groups in total. The first-order valence-electron chi connectivity index (χ1n) is 8.07. The van der Waals surface area contributed by atoms with E-state index in [0.29, 0.717) is 35.1 Å². The minimum atomic E-state index is -0.772. The number of hydrazine groups is 1. The van der Waals surface area contributed by atoms with E-state index in [-0.39, 0.29) is 10.5 Å². The Hall–Kier alpha value is -1.62. The molecule has 0 saturated carbocycles. The minimum absolute atomic E-state index is 0.233. The van der Waals surface area contributed by atoms with Gasteiger partial charge >= 0.3 is 11.9 Å². The van der Waals surface area contributed by atoms with E-state index in [4.69, 9.17) is 14.3 Å². The maximum atomic E-state index is 12.0. The molecular weight excluding hydrogens is 478 g/mol. The Bertz CT molecular complexity index is 613. The van der Waals surface area contributed by atoms with Crippen molar-refractivity contribution < 1.29 is 28.9 Å². The number of ether oxygens (including phenoxy) is 2. The number of rotatable bonds is 10. The lowest BCUT2D eigenvalue weighted by Gasteiger charge is -2.16. The first-order valence-corrected chi connectivity index (χ1v) is 9.66. The van der Waals surface area contributed by atoms with Crippen LogP contribution in [0, 0.1) is 5.21 Å². The lowest BCUT2D eigenvalue weighted by atomic mass is 10.1. The van der Waals surface area contributed by atoms with Crippen molar-refractivity contribution in [3.63, 3.8) is 0 Å². The molecule has 26 heavy (non-hydrogen) atoms. The van der Waals surface area contributed by atoms with Gasteiger partial charge in [-0.3, -0.25) is 0 Å². The van der Waals surface area contributed by atoms with E-state index < -0.39 is 24.6 Å². The number of hydrogen-bond donors (Lipinski definition) is 0. The monoisotopic (exact) mass is 497 g/mol. The fourth-order valence-corrected chi connectivity index (χ4v) is 2.48. The smallest absolute Gasteiger partial charge is 0.347 e. The van der Waals surface area contributed by atoms with Crippen molar-refractivity contribution in [2.24, 2.45) is 5.28 Å². The Morgan fingerprint density at radius 3 is 2.54 bits per heavy atom. The van der Waals surface area contributed by atoms with Crippen LogP contribution in [0.3, 0.4) is 0 Å². The van der Waals surface area contributed by atoms with Gasteiger partial charge in [-0.15, -0.1) is 5.01 Å². The molecule has 1 unspecified atom stereocenters. The Morgan fingerprint density at radius 2 is 2.04 bits per heavy atom. The lowest BCUT2D eigenvalue weighted by Crippen LogP contribution is -2.30. The van der Waals surface area contributed by atoms with E-state index in [1.807, 2.05) is 6.92 Å². The molecule has 0 radical (unpaired) electrons. The van der Waals surface area contributed by atoms with Crippen molar-refractivity contribution in [1.29, 1.82) is 0 Å². The summed E-state index contributed by atoms with van der Waals surface area (Å²) >= 11 is 6.32. The van der Waals surface area contributed by atoms with Crippen molar-refractivity contribution in [3.05, 3.63) is 26.0 Å². The van der Waals surface area contributed by atoms with E-state index in [1.165, 1.54) is 11.1 Å². The summed E-state index contributed by atoms with van der Waals surface area (Å²) in [6, 6.07) is 0. The fraction of sp³-hybridized carbons (Fsp3) is 0.600. The average Bonchev–Trinajstić information content (AvgIpc) is 2.97. The van der Waals surface area contributed by atoms with Crippen LogP contribution in [-0.2, 0) is 23.9 Å². The summed E-state index contributed by atoms with van der Waals surface area (Å²) in [7, 11) is 0. The molecule has 1 aliphatic rings. The topological polar surface area (TPSA) is 104 Å². The number of carbonyl (C=O) groups excluding carboxylic acids is 2. The largest absolute Gasteiger partial charge is 0.569 e. The fourth-order valence-electron chi connectivity index (χ4n) is 2.09. The van der Waals surface area contributed by atoms with Gasteiger partial charge in [0, 0.05) is 0 Å². The zero-order valence-electron chi connectivity index (χ0n) is 14.7. The SMILES string of the molecule is CCCC(OC(=O)CO/N=[N+](\[O-])N(CC)CC)C1=CC(=C(Br)Br)OC1=O. The van der Waals surface area contributed by atoms with Gasteiger partial charge in [0.25, 0.3) is 0 Å². The van der Waals surface area contributed by atoms with E-state index in [9.17, 15) is 14.8 Å². The predicted octanol–water partition coefficient (Wildman–Crippen LogP) is 3.29. The number of halogens is 2. The number of carbonyl (C=O) groups is 2. The Balaban J connectivity index is 2.69. The number of allylic oxidation sites excluding steroid dienone is 1. The third-order valence-electron chi connectivity index (χ3n) is 3.36. The average molecular weight is 499 g/mol. The van der Waals surface area contributed by atoms with Gasteiger partial charge < -0.3 is 19.5 Å². The van der Waals surface area contributed by atoms with E-state index in [0.717, 1.165) is 0 Å². The summed E-state index contributed by atoms with van der Waals surface area (Å²) in [5, 5.41) is 16.2. The molecule has 0 bridgehead atoms. The summed E-state index contributed by atoms with van der Waals surface area (Å²) in [6.45, 7) is 5.82. The summed E-state index contributed by atoms with van der Waals surface area (Å²) < 4.78 is 10.8. The third kappa shape index (κ3) is 6.60. The zero-order chi connectivity index (χ0) is 19.7. The van der Waals surface area contributed by atoms with Crippen LogP contribution in [0.4, 0.5) is 0 Å². The van der Waals surface area contributed by atoms with Gasteiger partial charge in [-0.05, 0) is 58.2 Å². The van der Waals surface area contributed by atoms with Gasteiger partial charge in [0.05, 0.1) is 23.6 Å². The highest BCUT2D eigenvalue weighted by atomic mass is 79.9. The van der Waals surface area contributed by atoms with Crippen LogP contribution in [0.15, 0.2) is 26.1 Å². The van der Waals surface area contributed by atoms with Crippen LogP contribution in [0.2, 0.25) is 0 Å². The molecule has 0 aromatic carbocycles. The van der Waals surface area contributed by atoms with E-state index >= 15 is 0 Å². The van der Waals surface area contributed by atoms with Gasteiger partial charge in [0.2, 0.25) is 11.9 Å². The van der Waals surface area contributed by atoms with Gasteiger partial charge in [0.1, 0.15) is 9.50 Å². The zero-order valence-corrected chi connectivity index (χ0v) is 17.9. The number of cyclic esters (lactones) is 1. The summed E-state index contributed by atoms with van der Waals surface area (Å²) in [6.07, 6.45) is 1.84. The van der Waals surface area contributed by atoms with Crippen molar-refractivity contribution in [3.8, 4) is 0 Å². The Labute approximate surface area is 168 Å². The molecule has 0 saturated heterocycles. The van der Waals surface area contributed by atoms with Crippen molar-refractivity contribution in [2.45, 2.75) is 39.7 Å². The molecule has 9 nitrogen and oxygen atoms in total. The first-order chi connectivity index (χ1) is 12.3. The van der Waals surface area contributed by atoms with E-state index in [1.54, 1.807) is 13.8 Å². The van der Waals surface area contributed by atoms with Crippen LogP contribution >= 0.6 is 31.9 Å².